The molecule has 4 rings (SSSR count). The molecule has 2 atom stereocenters. The summed E-state index contributed by atoms with van der Waals surface area (Å²) >= 11 is 0. The van der Waals surface area contributed by atoms with Crippen LogP contribution in [0, 0.1) is 5.82 Å². The predicted octanol–water partition coefficient (Wildman–Crippen LogP) is 2.79. The number of carbonyl (C=O) groups excluding carboxylic acids is 1. The van der Waals surface area contributed by atoms with E-state index in [9.17, 15) is 13.8 Å². The van der Waals surface area contributed by atoms with Crippen LogP contribution in [0.15, 0.2) is 36.5 Å². The molecule has 10 nitrogen and oxygen atoms in total. The Morgan fingerprint density at radius 2 is 2.17 bits per heavy atom. The van der Waals surface area contributed by atoms with Crippen molar-refractivity contribution < 1.29 is 23.0 Å². The normalized spacial score (nSPS) is 16.6. The zero-order valence-electron chi connectivity index (χ0n) is 16.1. The van der Waals surface area contributed by atoms with Crippen LogP contribution in [0.4, 0.5) is 14.9 Å². The van der Waals surface area contributed by atoms with Gasteiger partial charge in [-0.25, -0.2) is 9.18 Å². The molecule has 154 valence electrons. The fourth-order valence-corrected chi connectivity index (χ4v) is 3.36. The lowest BCUT2D eigenvalue weighted by atomic mass is 10.1. The highest BCUT2D eigenvalue weighted by atomic mass is 31.1. The second-order valence-electron chi connectivity index (χ2n) is 6.55. The average molecular weight is 431 g/mol. The number of aryl methyl sites for hydroxylation is 1. The number of cyclic esters (lactones) is 1. The largest absolute Gasteiger partial charge is 0.504 e. The number of aromatic nitrogens is 5. The lowest BCUT2D eigenvalue weighted by Gasteiger charge is -2.14. The first-order valence-corrected chi connectivity index (χ1v) is 10.6. The number of halogens is 1. The van der Waals surface area contributed by atoms with Gasteiger partial charge in [0.2, 0.25) is 5.82 Å². The van der Waals surface area contributed by atoms with Crippen LogP contribution in [0.25, 0.3) is 22.6 Å². The Morgan fingerprint density at radius 1 is 1.33 bits per heavy atom. The fourth-order valence-electron chi connectivity index (χ4n) is 2.99. The summed E-state index contributed by atoms with van der Waals surface area (Å²) in [6, 6.07) is 7.85. The van der Waals surface area contributed by atoms with Crippen LogP contribution in [0.1, 0.15) is 0 Å². The third-order valence-corrected chi connectivity index (χ3v) is 4.91. The first-order chi connectivity index (χ1) is 14.4. The van der Waals surface area contributed by atoms with Gasteiger partial charge in [0.15, 0.2) is 6.66 Å². The van der Waals surface area contributed by atoms with Gasteiger partial charge in [-0.1, -0.05) is 6.07 Å². The smallest absolute Gasteiger partial charge is 0.441 e. The van der Waals surface area contributed by atoms with E-state index in [0.29, 0.717) is 28.3 Å². The number of amides is 1. The summed E-state index contributed by atoms with van der Waals surface area (Å²) in [6.45, 7) is 1.62. The van der Waals surface area contributed by atoms with E-state index in [2.05, 4.69) is 20.4 Å². The predicted molar refractivity (Wildman–Crippen MR) is 105 cm³/mol. The number of benzene rings is 1. The quantitative estimate of drug-likeness (QED) is 0.548. The maximum absolute atomic E-state index is 14.8. The summed E-state index contributed by atoms with van der Waals surface area (Å²) in [7, 11) is -0.138. The molecule has 1 fully saturated rings. The number of anilines is 1. The van der Waals surface area contributed by atoms with Gasteiger partial charge < -0.3 is 4.74 Å². The highest BCUT2D eigenvalue weighted by Gasteiger charge is 2.34. The van der Waals surface area contributed by atoms with Gasteiger partial charge in [-0.2, -0.15) is 4.80 Å². The van der Waals surface area contributed by atoms with Gasteiger partial charge in [-0.05, 0) is 34.0 Å². The van der Waals surface area contributed by atoms with Crippen LogP contribution in [0.2, 0.25) is 0 Å². The molecule has 0 saturated carbocycles. The molecule has 2 aromatic heterocycles. The lowest BCUT2D eigenvalue weighted by Crippen LogP contribution is -2.25. The van der Waals surface area contributed by atoms with Crippen molar-refractivity contribution in [3.05, 3.63) is 42.3 Å². The van der Waals surface area contributed by atoms with E-state index in [-0.39, 0.29) is 13.2 Å². The Kier molecular flexibility index (Phi) is 5.47. The van der Waals surface area contributed by atoms with Gasteiger partial charge >= 0.3 is 14.1 Å². The molecular formula is C18H17FN6O4P+. The van der Waals surface area contributed by atoms with E-state index in [1.54, 1.807) is 31.3 Å². The van der Waals surface area contributed by atoms with E-state index in [1.807, 2.05) is 0 Å². The van der Waals surface area contributed by atoms with Crippen molar-refractivity contribution in [3.63, 3.8) is 0 Å². The fraction of sp³-hybridized carbons (Fsp3) is 0.278. The minimum atomic E-state index is -1.79. The standard InChI is InChI=1S/C18H17FN6O4P/c1-24-22-17(21-23-24)16-6-3-11(8-20-16)14-5-4-12(7-15(14)19)25-9-13(29-18(25)26)10-28-30(2)27/h3-8,13H,9-10H2,1-2H3/q+1/t13-/m1/s1. The van der Waals surface area contributed by atoms with Gasteiger partial charge in [0.05, 0.1) is 19.3 Å². The molecule has 3 heterocycles. The van der Waals surface area contributed by atoms with Crippen molar-refractivity contribution in [2.24, 2.45) is 7.05 Å². The van der Waals surface area contributed by atoms with Gasteiger partial charge in [-0.3, -0.25) is 9.88 Å². The summed E-state index contributed by atoms with van der Waals surface area (Å²) in [4.78, 5) is 19.0. The molecule has 1 amide bonds. The Balaban J connectivity index is 1.51. The summed E-state index contributed by atoms with van der Waals surface area (Å²) in [5.74, 6) is -0.137. The van der Waals surface area contributed by atoms with Crippen molar-refractivity contribution >= 4 is 19.8 Å². The Labute approximate surface area is 171 Å². The second kappa shape index (κ2) is 8.21. The molecule has 1 saturated heterocycles. The molecule has 1 aliphatic rings. The summed E-state index contributed by atoms with van der Waals surface area (Å²) in [5, 5.41) is 11.7. The second-order valence-corrected chi connectivity index (χ2v) is 7.69. The molecule has 12 heteroatoms. The first-order valence-electron chi connectivity index (χ1n) is 8.93. The molecule has 30 heavy (non-hydrogen) atoms. The van der Waals surface area contributed by atoms with E-state index >= 15 is 0 Å². The van der Waals surface area contributed by atoms with Crippen LogP contribution in [0.5, 0.6) is 0 Å². The first kappa shape index (κ1) is 20.0. The molecule has 0 N–H and O–H groups in total. The summed E-state index contributed by atoms with van der Waals surface area (Å²) in [5.41, 5.74) is 1.78. The zero-order valence-corrected chi connectivity index (χ0v) is 17.0. The molecule has 1 unspecified atom stereocenters. The Morgan fingerprint density at radius 3 is 2.80 bits per heavy atom. The van der Waals surface area contributed by atoms with Gasteiger partial charge in [0.1, 0.15) is 24.2 Å². The number of rotatable bonds is 6. The molecule has 0 radical (unpaired) electrons. The van der Waals surface area contributed by atoms with Crippen molar-refractivity contribution in [2.75, 3.05) is 24.7 Å². The van der Waals surface area contributed by atoms with E-state index in [1.165, 1.54) is 28.6 Å². The van der Waals surface area contributed by atoms with Gasteiger partial charge in [-0.15, -0.1) is 14.7 Å². The van der Waals surface area contributed by atoms with Gasteiger partial charge in [0, 0.05) is 17.3 Å². The molecule has 1 aliphatic heterocycles. The van der Waals surface area contributed by atoms with Crippen LogP contribution >= 0.6 is 8.03 Å². The molecule has 0 aliphatic carbocycles. The third kappa shape index (κ3) is 4.17. The zero-order chi connectivity index (χ0) is 21.3. The van der Waals surface area contributed by atoms with E-state index in [4.69, 9.17) is 9.26 Å². The minimum absolute atomic E-state index is 0.0210. The maximum atomic E-state index is 14.8. The Hall–Kier alpha value is -3.30. The highest BCUT2D eigenvalue weighted by molar-refractivity contribution is 7.38. The Bertz CT molecular complexity index is 1110. The molecule has 0 bridgehead atoms. The highest BCUT2D eigenvalue weighted by Crippen LogP contribution is 2.30. The molecule has 1 aromatic carbocycles. The third-order valence-electron chi connectivity index (χ3n) is 4.39. The van der Waals surface area contributed by atoms with E-state index in [0.717, 1.165) is 0 Å². The van der Waals surface area contributed by atoms with Crippen LogP contribution in [0.3, 0.4) is 0 Å². The number of tetrazole rings is 1. The maximum Gasteiger partial charge on any atom is 0.504 e. The molecular weight excluding hydrogens is 414 g/mol. The number of hydrogen-bond acceptors (Lipinski definition) is 8. The van der Waals surface area contributed by atoms with Crippen LogP contribution in [-0.2, 0) is 20.9 Å². The number of nitrogens with zero attached hydrogens (tertiary/aromatic N) is 6. The van der Waals surface area contributed by atoms with Crippen LogP contribution in [-0.4, -0.2) is 57.2 Å². The number of carbonyl (C=O) groups is 1. The average Bonchev–Trinajstić information content (AvgIpc) is 3.32. The van der Waals surface area contributed by atoms with Crippen molar-refractivity contribution in [3.8, 4) is 22.6 Å². The SMILES string of the molecule is Cn1nnc(-c2ccc(-c3ccc(N4C[C@H](CO[P+](C)=O)OC4=O)cc3F)cn2)n1. The van der Waals surface area contributed by atoms with Crippen LogP contribution < -0.4 is 4.90 Å². The van der Waals surface area contributed by atoms with Crippen molar-refractivity contribution in [1.82, 2.24) is 25.2 Å². The van der Waals surface area contributed by atoms with Crippen molar-refractivity contribution in [1.29, 1.82) is 0 Å². The summed E-state index contributed by atoms with van der Waals surface area (Å²) < 4.78 is 36.0. The number of ether oxygens (including phenoxy) is 1. The number of pyridine rings is 1. The van der Waals surface area contributed by atoms with E-state index < -0.39 is 26.0 Å². The molecule has 3 aromatic rings. The van der Waals surface area contributed by atoms with Crippen molar-refractivity contribution in [2.45, 2.75) is 6.10 Å². The topological polar surface area (TPSA) is 112 Å². The minimum Gasteiger partial charge on any atom is -0.441 e. The summed E-state index contributed by atoms with van der Waals surface area (Å²) in [6.07, 6.45) is 0.350. The lowest BCUT2D eigenvalue weighted by molar-refractivity contribution is 0.108. The van der Waals surface area contributed by atoms with Gasteiger partial charge in [0.25, 0.3) is 0 Å². The number of hydrogen-bond donors (Lipinski definition) is 0. The monoisotopic (exact) mass is 431 g/mol. The molecule has 0 spiro atoms.